The molecular weight excluding hydrogens is 204 g/mol. The SMILES string of the molecule is CN(CCCCC(C)(O)CN)C1CCOC1. The number of rotatable bonds is 7. The summed E-state index contributed by atoms with van der Waals surface area (Å²) in [7, 11) is 2.15. The third-order valence-corrected chi connectivity index (χ3v) is 3.44. The van der Waals surface area contributed by atoms with Crippen LogP contribution in [0.1, 0.15) is 32.6 Å². The molecule has 0 aliphatic carbocycles. The maximum atomic E-state index is 9.74. The molecule has 1 fully saturated rings. The molecule has 16 heavy (non-hydrogen) atoms. The second-order valence-corrected chi connectivity index (χ2v) is 5.16. The molecule has 1 rings (SSSR count). The van der Waals surface area contributed by atoms with Crippen LogP contribution in [0.25, 0.3) is 0 Å². The predicted octanol–water partition coefficient (Wildman–Crippen LogP) is 0.587. The van der Waals surface area contributed by atoms with Gasteiger partial charge in [-0.05, 0) is 46.2 Å². The Hall–Kier alpha value is -0.160. The van der Waals surface area contributed by atoms with Gasteiger partial charge in [-0.3, -0.25) is 0 Å². The zero-order valence-corrected chi connectivity index (χ0v) is 10.6. The number of nitrogens with two attached hydrogens (primary N) is 1. The molecule has 2 atom stereocenters. The Morgan fingerprint density at radius 3 is 2.81 bits per heavy atom. The lowest BCUT2D eigenvalue weighted by molar-refractivity contribution is 0.0560. The van der Waals surface area contributed by atoms with Crippen LogP contribution in [0.3, 0.4) is 0 Å². The molecular formula is C12H26N2O2. The number of hydrogen-bond donors (Lipinski definition) is 2. The van der Waals surface area contributed by atoms with E-state index in [4.69, 9.17) is 10.5 Å². The Balaban J connectivity index is 2.06. The molecule has 0 bridgehead atoms. The molecule has 0 spiro atoms. The molecule has 3 N–H and O–H groups in total. The van der Waals surface area contributed by atoms with Crippen molar-refractivity contribution in [2.45, 2.75) is 44.2 Å². The summed E-state index contributed by atoms with van der Waals surface area (Å²) in [5.74, 6) is 0. The third-order valence-electron chi connectivity index (χ3n) is 3.44. The van der Waals surface area contributed by atoms with Gasteiger partial charge in [0.15, 0.2) is 0 Å². The summed E-state index contributed by atoms with van der Waals surface area (Å²) in [4.78, 5) is 2.37. The van der Waals surface area contributed by atoms with E-state index in [1.165, 1.54) is 0 Å². The maximum absolute atomic E-state index is 9.74. The molecule has 0 aromatic rings. The molecule has 2 unspecified atom stereocenters. The average Bonchev–Trinajstić information content (AvgIpc) is 2.77. The fraction of sp³-hybridized carbons (Fsp3) is 1.00. The summed E-state index contributed by atoms with van der Waals surface area (Å²) in [5.41, 5.74) is 4.79. The normalized spacial score (nSPS) is 24.9. The first-order valence-electron chi connectivity index (χ1n) is 6.25. The molecule has 4 heteroatoms. The second-order valence-electron chi connectivity index (χ2n) is 5.16. The Morgan fingerprint density at radius 1 is 1.50 bits per heavy atom. The van der Waals surface area contributed by atoms with Crippen LogP contribution in [-0.4, -0.2) is 55.0 Å². The van der Waals surface area contributed by atoms with E-state index in [1.807, 2.05) is 6.92 Å². The number of hydrogen-bond acceptors (Lipinski definition) is 4. The smallest absolute Gasteiger partial charge is 0.0741 e. The quantitative estimate of drug-likeness (QED) is 0.628. The van der Waals surface area contributed by atoms with Crippen LogP contribution >= 0.6 is 0 Å². The van der Waals surface area contributed by atoms with E-state index in [0.717, 1.165) is 45.4 Å². The van der Waals surface area contributed by atoms with Gasteiger partial charge in [-0.2, -0.15) is 0 Å². The van der Waals surface area contributed by atoms with Gasteiger partial charge in [-0.25, -0.2) is 0 Å². The first-order chi connectivity index (χ1) is 7.55. The summed E-state index contributed by atoms with van der Waals surface area (Å²) in [5, 5.41) is 9.74. The zero-order chi connectivity index (χ0) is 12.0. The monoisotopic (exact) mass is 230 g/mol. The van der Waals surface area contributed by atoms with Crippen LogP contribution in [0.2, 0.25) is 0 Å². The molecule has 0 saturated carbocycles. The van der Waals surface area contributed by atoms with Crippen LogP contribution in [0.4, 0.5) is 0 Å². The van der Waals surface area contributed by atoms with Crippen molar-refractivity contribution in [1.82, 2.24) is 4.90 Å². The Labute approximate surface area is 98.8 Å². The van der Waals surface area contributed by atoms with Gasteiger partial charge in [-0.15, -0.1) is 0 Å². The highest BCUT2D eigenvalue weighted by atomic mass is 16.5. The van der Waals surface area contributed by atoms with Crippen LogP contribution < -0.4 is 5.73 Å². The Morgan fingerprint density at radius 2 is 2.25 bits per heavy atom. The average molecular weight is 230 g/mol. The highest BCUT2D eigenvalue weighted by Gasteiger charge is 2.20. The third kappa shape index (κ3) is 4.78. The van der Waals surface area contributed by atoms with Gasteiger partial charge in [0.05, 0.1) is 12.2 Å². The summed E-state index contributed by atoms with van der Waals surface area (Å²) < 4.78 is 5.36. The summed E-state index contributed by atoms with van der Waals surface area (Å²) in [6.45, 7) is 5.00. The Kier molecular flexibility index (Phi) is 5.69. The predicted molar refractivity (Wildman–Crippen MR) is 65.4 cm³/mol. The number of nitrogens with zero attached hydrogens (tertiary/aromatic N) is 1. The van der Waals surface area contributed by atoms with E-state index in [9.17, 15) is 5.11 Å². The minimum Gasteiger partial charge on any atom is -0.389 e. The van der Waals surface area contributed by atoms with Crippen molar-refractivity contribution in [3.05, 3.63) is 0 Å². The minimum atomic E-state index is -0.685. The highest BCUT2D eigenvalue weighted by molar-refractivity contribution is 4.75. The van der Waals surface area contributed by atoms with Crippen molar-refractivity contribution in [3.8, 4) is 0 Å². The Bertz CT molecular complexity index is 191. The van der Waals surface area contributed by atoms with Crippen molar-refractivity contribution in [3.63, 3.8) is 0 Å². The van der Waals surface area contributed by atoms with Crippen molar-refractivity contribution in [2.75, 3.05) is 33.4 Å². The first kappa shape index (κ1) is 13.9. The van der Waals surface area contributed by atoms with Gasteiger partial charge >= 0.3 is 0 Å². The molecule has 1 heterocycles. The molecule has 0 aromatic carbocycles. The summed E-state index contributed by atoms with van der Waals surface area (Å²) >= 11 is 0. The molecule has 0 amide bonds. The van der Waals surface area contributed by atoms with Crippen molar-refractivity contribution >= 4 is 0 Å². The lowest BCUT2D eigenvalue weighted by Gasteiger charge is -2.24. The van der Waals surface area contributed by atoms with E-state index in [-0.39, 0.29) is 0 Å². The van der Waals surface area contributed by atoms with Gasteiger partial charge in [0.1, 0.15) is 0 Å². The molecule has 4 nitrogen and oxygen atoms in total. The van der Waals surface area contributed by atoms with Crippen LogP contribution in [0.15, 0.2) is 0 Å². The number of aliphatic hydroxyl groups is 1. The molecule has 0 radical (unpaired) electrons. The van der Waals surface area contributed by atoms with E-state index in [2.05, 4.69) is 11.9 Å². The van der Waals surface area contributed by atoms with Gasteiger partial charge < -0.3 is 20.5 Å². The lowest BCUT2D eigenvalue weighted by atomic mass is 9.99. The van der Waals surface area contributed by atoms with E-state index >= 15 is 0 Å². The highest BCUT2D eigenvalue weighted by Crippen LogP contribution is 2.14. The second kappa shape index (κ2) is 6.55. The maximum Gasteiger partial charge on any atom is 0.0741 e. The molecule has 96 valence electrons. The fourth-order valence-corrected chi connectivity index (χ4v) is 2.02. The van der Waals surface area contributed by atoms with Gasteiger partial charge in [0.25, 0.3) is 0 Å². The summed E-state index contributed by atoms with van der Waals surface area (Å²) in [6.07, 6.45) is 4.08. The van der Waals surface area contributed by atoms with Crippen LogP contribution in [-0.2, 0) is 4.74 Å². The van der Waals surface area contributed by atoms with E-state index in [0.29, 0.717) is 12.6 Å². The van der Waals surface area contributed by atoms with Crippen molar-refractivity contribution in [2.24, 2.45) is 5.73 Å². The number of ether oxygens (including phenoxy) is 1. The van der Waals surface area contributed by atoms with E-state index in [1.54, 1.807) is 0 Å². The lowest BCUT2D eigenvalue weighted by Crippen LogP contribution is -2.35. The minimum absolute atomic E-state index is 0.347. The van der Waals surface area contributed by atoms with Gasteiger partial charge in [-0.1, -0.05) is 0 Å². The van der Waals surface area contributed by atoms with Crippen LogP contribution in [0.5, 0.6) is 0 Å². The van der Waals surface area contributed by atoms with Gasteiger partial charge in [0.2, 0.25) is 0 Å². The first-order valence-corrected chi connectivity index (χ1v) is 6.25. The topological polar surface area (TPSA) is 58.7 Å². The molecule has 1 aliphatic rings. The summed E-state index contributed by atoms with van der Waals surface area (Å²) in [6, 6.07) is 0.593. The number of likely N-dealkylation sites (N-methyl/N-ethyl adjacent to an activating group) is 1. The fourth-order valence-electron chi connectivity index (χ4n) is 2.02. The molecule has 0 aromatic heterocycles. The standard InChI is InChI=1S/C12H26N2O2/c1-12(15,10-13)6-3-4-7-14(2)11-5-8-16-9-11/h11,15H,3-10,13H2,1-2H3. The van der Waals surface area contributed by atoms with Crippen molar-refractivity contribution < 1.29 is 9.84 Å². The largest absolute Gasteiger partial charge is 0.389 e. The zero-order valence-electron chi connectivity index (χ0n) is 10.6. The number of unbranched alkanes of at least 4 members (excludes halogenated alkanes) is 1. The van der Waals surface area contributed by atoms with Crippen LogP contribution in [0, 0.1) is 0 Å². The molecule has 1 aliphatic heterocycles. The van der Waals surface area contributed by atoms with Gasteiger partial charge in [0, 0.05) is 19.2 Å². The molecule has 1 saturated heterocycles. The van der Waals surface area contributed by atoms with E-state index < -0.39 is 5.60 Å². The van der Waals surface area contributed by atoms with Crippen molar-refractivity contribution in [1.29, 1.82) is 0 Å².